The topological polar surface area (TPSA) is 60.5 Å². The Morgan fingerprint density at radius 2 is 1.85 bits per heavy atom. The molecule has 40 heavy (non-hydrogen) atoms. The van der Waals surface area contributed by atoms with Gasteiger partial charge in [-0.15, -0.1) is 11.3 Å². The number of nitrogens with zero attached hydrogens (tertiary/aromatic N) is 1. The average Bonchev–Trinajstić information content (AvgIpc) is 3.36. The first kappa shape index (κ1) is 27.9. The number of aryl methyl sites for hydroxylation is 1. The molecule has 1 amide bonds. The summed E-state index contributed by atoms with van der Waals surface area (Å²) in [7, 11) is 0. The number of aromatic nitrogens is 1. The summed E-state index contributed by atoms with van der Waals surface area (Å²) in [6, 6.07) is 25.2. The Balaban J connectivity index is 1.25. The summed E-state index contributed by atoms with van der Waals surface area (Å²) >= 11 is 11.5. The molecule has 1 heterocycles. The molecule has 0 unspecified atom stereocenters. The Labute approximate surface area is 250 Å². The Morgan fingerprint density at radius 3 is 2.62 bits per heavy atom. The van der Waals surface area contributed by atoms with E-state index in [0.29, 0.717) is 39.9 Å². The maximum Gasteiger partial charge on any atom is 0.248 e. The van der Waals surface area contributed by atoms with Gasteiger partial charge in [0.1, 0.15) is 11.6 Å². The van der Waals surface area contributed by atoms with Crippen LogP contribution in [0, 0.1) is 6.92 Å². The van der Waals surface area contributed by atoms with E-state index in [1.165, 1.54) is 11.6 Å². The molecule has 1 N–H and O–H groups in total. The third kappa shape index (κ3) is 6.73. The lowest BCUT2D eigenvalue weighted by molar-refractivity contribution is -0.111. The molecule has 0 atom stereocenters. The van der Waals surface area contributed by atoms with Crippen molar-refractivity contribution in [2.24, 2.45) is 0 Å². The number of ether oxygens (including phenoxy) is 2. The number of thiazole rings is 1. The van der Waals surface area contributed by atoms with Crippen LogP contribution in [-0.2, 0) is 11.4 Å². The zero-order chi connectivity index (χ0) is 28.1. The van der Waals surface area contributed by atoms with Gasteiger partial charge >= 0.3 is 0 Å². The van der Waals surface area contributed by atoms with Crippen LogP contribution in [0.25, 0.3) is 26.9 Å². The molecule has 0 aliphatic carbocycles. The minimum absolute atomic E-state index is 0.239. The molecule has 1 aromatic heterocycles. The molecule has 8 heteroatoms. The lowest BCUT2D eigenvalue weighted by Crippen LogP contribution is -2.07. The van der Waals surface area contributed by atoms with Gasteiger partial charge in [-0.1, -0.05) is 35.9 Å². The number of amides is 1. The van der Waals surface area contributed by atoms with Gasteiger partial charge in [-0.25, -0.2) is 4.98 Å². The van der Waals surface area contributed by atoms with E-state index >= 15 is 0 Å². The number of carbonyl (C=O) groups excluding carboxylic acids is 1. The Kier molecular flexibility index (Phi) is 8.85. The minimum Gasteiger partial charge on any atom is -0.490 e. The van der Waals surface area contributed by atoms with Crippen molar-refractivity contribution in [3.8, 4) is 22.1 Å². The van der Waals surface area contributed by atoms with Crippen molar-refractivity contribution in [1.29, 1.82) is 0 Å². The molecule has 0 aliphatic heterocycles. The molecule has 0 saturated carbocycles. The second kappa shape index (κ2) is 12.7. The second-order valence-corrected chi connectivity index (χ2v) is 11.3. The summed E-state index contributed by atoms with van der Waals surface area (Å²) in [5.74, 6) is 0.910. The fourth-order valence-corrected chi connectivity index (χ4v) is 5.89. The quantitative estimate of drug-likeness (QED) is 0.164. The average molecular weight is 634 g/mol. The Bertz CT molecular complexity index is 1700. The van der Waals surface area contributed by atoms with Crippen LogP contribution in [0.15, 0.2) is 89.4 Å². The van der Waals surface area contributed by atoms with Crippen LogP contribution in [0.3, 0.4) is 0 Å². The van der Waals surface area contributed by atoms with Crippen molar-refractivity contribution >= 4 is 66.8 Å². The molecule has 0 fully saturated rings. The highest BCUT2D eigenvalue weighted by Gasteiger charge is 2.13. The van der Waals surface area contributed by atoms with Crippen molar-refractivity contribution in [3.63, 3.8) is 0 Å². The summed E-state index contributed by atoms with van der Waals surface area (Å²) in [6.45, 7) is 4.75. The number of nitrogens with one attached hydrogen (secondary N) is 1. The largest absolute Gasteiger partial charge is 0.490 e. The van der Waals surface area contributed by atoms with Crippen LogP contribution >= 0.6 is 38.9 Å². The first-order chi connectivity index (χ1) is 19.4. The first-order valence-electron chi connectivity index (χ1n) is 12.7. The van der Waals surface area contributed by atoms with Crippen molar-refractivity contribution in [2.45, 2.75) is 20.5 Å². The predicted octanol–water partition coefficient (Wildman–Crippen LogP) is 9.32. The van der Waals surface area contributed by atoms with E-state index in [4.69, 9.17) is 26.1 Å². The van der Waals surface area contributed by atoms with Gasteiger partial charge < -0.3 is 14.8 Å². The van der Waals surface area contributed by atoms with E-state index < -0.39 is 0 Å². The van der Waals surface area contributed by atoms with Crippen LogP contribution < -0.4 is 14.8 Å². The normalized spacial score (nSPS) is 11.2. The lowest BCUT2D eigenvalue weighted by Gasteiger charge is -2.15. The van der Waals surface area contributed by atoms with Gasteiger partial charge in [0.2, 0.25) is 5.91 Å². The minimum atomic E-state index is -0.239. The van der Waals surface area contributed by atoms with E-state index in [-0.39, 0.29) is 5.91 Å². The molecule has 0 radical (unpaired) electrons. The van der Waals surface area contributed by atoms with E-state index in [0.717, 1.165) is 31.9 Å². The van der Waals surface area contributed by atoms with Crippen molar-refractivity contribution in [3.05, 3.63) is 111 Å². The highest BCUT2D eigenvalue weighted by atomic mass is 79.9. The van der Waals surface area contributed by atoms with Gasteiger partial charge in [-0.2, -0.15) is 0 Å². The third-order valence-corrected chi connectivity index (χ3v) is 8.06. The number of hydrogen-bond donors (Lipinski definition) is 1. The molecule has 4 aromatic carbocycles. The molecule has 0 saturated heterocycles. The number of anilines is 1. The van der Waals surface area contributed by atoms with Gasteiger partial charge in [0.05, 0.1) is 21.3 Å². The van der Waals surface area contributed by atoms with Crippen LogP contribution in [0.2, 0.25) is 5.02 Å². The van der Waals surface area contributed by atoms with Crippen LogP contribution in [0.1, 0.15) is 23.6 Å². The molecule has 5 nitrogen and oxygen atoms in total. The van der Waals surface area contributed by atoms with Crippen molar-refractivity contribution in [2.75, 3.05) is 11.9 Å². The highest BCUT2D eigenvalue weighted by Crippen LogP contribution is 2.38. The summed E-state index contributed by atoms with van der Waals surface area (Å²) in [6.07, 6.45) is 3.23. The van der Waals surface area contributed by atoms with Crippen LogP contribution in [0.4, 0.5) is 5.69 Å². The van der Waals surface area contributed by atoms with Crippen molar-refractivity contribution in [1.82, 2.24) is 4.98 Å². The first-order valence-corrected chi connectivity index (χ1v) is 14.7. The standard InChI is InChI=1S/C32H26BrClN2O3S/c1-3-38-28-18-21(17-25(33)31(28)39-19-23-6-4-5-7-26(23)34)9-15-30(37)35-24-12-10-22(11-13-24)32-36-27-14-8-20(2)16-29(27)40-32/h4-18H,3,19H2,1-2H3,(H,35,37)/b15-9+. The molecule has 0 bridgehead atoms. The third-order valence-electron chi connectivity index (χ3n) is 6.03. The van der Waals surface area contributed by atoms with E-state index in [1.807, 2.05) is 73.7 Å². The molecule has 202 valence electrons. The SMILES string of the molecule is CCOc1cc(/C=C/C(=O)Nc2ccc(-c3nc4ccc(C)cc4s3)cc2)cc(Br)c1OCc1ccccc1Cl. The number of benzene rings is 4. The Morgan fingerprint density at radius 1 is 1.05 bits per heavy atom. The van der Waals surface area contributed by atoms with Gasteiger partial charge in [0, 0.05) is 27.9 Å². The van der Waals surface area contributed by atoms with Crippen LogP contribution in [0.5, 0.6) is 11.5 Å². The van der Waals surface area contributed by atoms with E-state index in [2.05, 4.69) is 40.3 Å². The zero-order valence-corrected chi connectivity index (χ0v) is 25.1. The zero-order valence-electron chi connectivity index (χ0n) is 21.9. The lowest BCUT2D eigenvalue weighted by atomic mass is 10.1. The fraction of sp³-hybridized carbons (Fsp3) is 0.125. The number of halogens is 2. The van der Waals surface area contributed by atoms with Crippen LogP contribution in [-0.4, -0.2) is 17.5 Å². The molecular weight excluding hydrogens is 608 g/mol. The summed E-state index contributed by atoms with van der Waals surface area (Å²) in [5.41, 5.74) is 5.59. The molecule has 5 rings (SSSR count). The highest BCUT2D eigenvalue weighted by molar-refractivity contribution is 9.10. The Hall–Kier alpha value is -3.65. The van der Waals surface area contributed by atoms with Gasteiger partial charge in [0.15, 0.2) is 11.5 Å². The molecule has 0 aliphatic rings. The predicted molar refractivity (Wildman–Crippen MR) is 169 cm³/mol. The second-order valence-electron chi connectivity index (χ2n) is 9.03. The van der Waals surface area contributed by atoms with Crippen molar-refractivity contribution < 1.29 is 14.3 Å². The maximum absolute atomic E-state index is 12.7. The molecule has 5 aromatic rings. The summed E-state index contributed by atoms with van der Waals surface area (Å²) in [5, 5.41) is 4.51. The fourth-order valence-electron chi connectivity index (χ4n) is 4.06. The van der Waals surface area contributed by atoms with E-state index in [1.54, 1.807) is 17.4 Å². The summed E-state index contributed by atoms with van der Waals surface area (Å²) in [4.78, 5) is 17.4. The molecule has 0 spiro atoms. The summed E-state index contributed by atoms with van der Waals surface area (Å²) < 4.78 is 13.8. The molecular formula is C32H26BrClN2O3S. The smallest absolute Gasteiger partial charge is 0.248 e. The number of carbonyl (C=O) groups is 1. The monoisotopic (exact) mass is 632 g/mol. The van der Waals surface area contributed by atoms with Gasteiger partial charge in [0.25, 0.3) is 0 Å². The maximum atomic E-state index is 12.7. The number of rotatable bonds is 9. The van der Waals surface area contributed by atoms with Gasteiger partial charge in [-0.3, -0.25) is 4.79 Å². The van der Waals surface area contributed by atoms with E-state index in [9.17, 15) is 4.79 Å². The van der Waals surface area contributed by atoms with Gasteiger partial charge in [-0.05, 0) is 102 Å². The number of hydrogen-bond acceptors (Lipinski definition) is 5. The number of fused-ring (bicyclic) bond motifs is 1.